The maximum Gasteiger partial charge on any atom is 0.224 e. The lowest BCUT2D eigenvalue weighted by molar-refractivity contribution is -0.131. The van der Waals surface area contributed by atoms with Crippen molar-refractivity contribution in [3.63, 3.8) is 0 Å². The highest BCUT2D eigenvalue weighted by Crippen LogP contribution is 2.24. The number of guanidine groups is 1. The molecule has 0 spiro atoms. The van der Waals surface area contributed by atoms with E-state index in [0.29, 0.717) is 32.1 Å². The van der Waals surface area contributed by atoms with Crippen LogP contribution >= 0.6 is 35.3 Å². The van der Waals surface area contributed by atoms with Gasteiger partial charge in [0, 0.05) is 44.5 Å². The van der Waals surface area contributed by atoms with Gasteiger partial charge in [-0.3, -0.25) is 9.79 Å². The monoisotopic (exact) mass is 556 g/mol. The summed E-state index contributed by atoms with van der Waals surface area (Å²) in [6, 6.07) is 12.3. The van der Waals surface area contributed by atoms with Gasteiger partial charge in [0.2, 0.25) is 5.91 Å². The number of amides is 1. The topological polar surface area (TPSA) is 66.0 Å². The maximum absolute atomic E-state index is 12.5. The largest absolute Gasteiger partial charge is 0.376 e. The Morgan fingerprint density at radius 3 is 2.84 bits per heavy atom. The molecule has 1 unspecified atom stereocenters. The van der Waals surface area contributed by atoms with E-state index in [-0.39, 0.29) is 29.9 Å². The molecule has 31 heavy (non-hydrogen) atoms. The molecule has 2 aromatic rings. The van der Waals surface area contributed by atoms with Crippen molar-refractivity contribution in [1.29, 1.82) is 0 Å². The van der Waals surface area contributed by atoms with Gasteiger partial charge in [-0.1, -0.05) is 37.3 Å². The normalized spacial score (nSPS) is 14.4. The highest BCUT2D eigenvalue weighted by molar-refractivity contribution is 14.0. The fourth-order valence-electron chi connectivity index (χ4n) is 3.41. The van der Waals surface area contributed by atoms with Crippen molar-refractivity contribution in [3.8, 4) is 0 Å². The van der Waals surface area contributed by atoms with Crippen molar-refractivity contribution in [2.75, 3.05) is 33.3 Å². The molecule has 1 amide bonds. The smallest absolute Gasteiger partial charge is 0.224 e. The zero-order valence-electron chi connectivity index (χ0n) is 18.3. The van der Waals surface area contributed by atoms with Crippen molar-refractivity contribution in [3.05, 3.63) is 57.8 Å². The Balaban J connectivity index is 0.00000341. The van der Waals surface area contributed by atoms with Crippen LogP contribution in [0.3, 0.4) is 0 Å². The first-order chi connectivity index (χ1) is 14.7. The number of nitrogens with one attached hydrogen (secondary N) is 2. The van der Waals surface area contributed by atoms with Crippen molar-refractivity contribution in [2.45, 2.75) is 32.9 Å². The van der Waals surface area contributed by atoms with Gasteiger partial charge in [0.25, 0.3) is 0 Å². The molecule has 0 radical (unpaired) electrons. The van der Waals surface area contributed by atoms with Crippen LogP contribution in [0.4, 0.5) is 0 Å². The summed E-state index contributed by atoms with van der Waals surface area (Å²) in [5, 5.41) is 8.67. The Hall–Kier alpha value is -1.65. The second kappa shape index (κ2) is 13.7. The molecule has 8 heteroatoms. The molecule has 2 N–H and O–H groups in total. The lowest BCUT2D eigenvalue weighted by atomic mass is 10.1. The van der Waals surface area contributed by atoms with Gasteiger partial charge in [0.15, 0.2) is 5.96 Å². The summed E-state index contributed by atoms with van der Waals surface area (Å²) >= 11 is 1.79. The third-order valence-electron chi connectivity index (χ3n) is 5.15. The number of ether oxygens (including phenoxy) is 1. The molecule has 0 aliphatic carbocycles. The van der Waals surface area contributed by atoms with Gasteiger partial charge in [-0.2, -0.15) is 0 Å². The molecule has 1 aliphatic rings. The standard InChI is InChI=1S/C23H32N4O2S.HI/c1-18(16-29-17-19-6-4-3-5-7-19)14-26-23(24-2)25-11-8-22(28)27-12-9-21-20(15-27)10-13-30-21;/h3-7,10,13,18H,8-9,11-12,14-17H2,1-2H3,(H2,24,25,26);1H. The molecule has 1 atom stereocenters. The molecule has 0 saturated heterocycles. The van der Waals surface area contributed by atoms with Gasteiger partial charge in [-0.25, -0.2) is 0 Å². The number of thiophene rings is 1. The first kappa shape index (κ1) is 25.6. The van der Waals surface area contributed by atoms with Gasteiger partial charge >= 0.3 is 0 Å². The molecular weight excluding hydrogens is 523 g/mol. The van der Waals surface area contributed by atoms with Crippen LogP contribution in [-0.2, 0) is 29.1 Å². The van der Waals surface area contributed by atoms with Gasteiger partial charge in [0.1, 0.15) is 0 Å². The van der Waals surface area contributed by atoms with E-state index in [1.54, 1.807) is 18.4 Å². The molecule has 3 rings (SSSR count). The third-order valence-corrected chi connectivity index (χ3v) is 6.17. The number of carbonyl (C=O) groups excluding carboxylic acids is 1. The Labute approximate surface area is 206 Å². The van der Waals surface area contributed by atoms with Crippen LogP contribution in [0.2, 0.25) is 0 Å². The molecule has 1 aliphatic heterocycles. The molecule has 2 heterocycles. The van der Waals surface area contributed by atoms with E-state index in [9.17, 15) is 4.79 Å². The summed E-state index contributed by atoms with van der Waals surface area (Å²) < 4.78 is 5.80. The summed E-state index contributed by atoms with van der Waals surface area (Å²) in [5.74, 6) is 1.26. The van der Waals surface area contributed by atoms with E-state index in [4.69, 9.17) is 4.74 Å². The molecule has 0 bridgehead atoms. The van der Waals surface area contributed by atoms with E-state index in [2.05, 4.69) is 46.1 Å². The van der Waals surface area contributed by atoms with Crippen LogP contribution < -0.4 is 10.6 Å². The minimum absolute atomic E-state index is 0. The summed E-state index contributed by atoms with van der Waals surface area (Å²) in [7, 11) is 1.75. The minimum Gasteiger partial charge on any atom is -0.376 e. The molecule has 1 aromatic heterocycles. The fourth-order valence-corrected chi connectivity index (χ4v) is 4.30. The van der Waals surface area contributed by atoms with Crippen LogP contribution in [0.15, 0.2) is 46.8 Å². The zero-order valence-corrected chi connectivity index (χ0v) is 21.4. The number of hydrogen-bond acceptors (Lipinski definition) is 4. The third kappa shape index (κ3) is 8.42. The first-order valence-corrected chi connectivity index (χ1v) is 11.4. The summed E-state index contributed by atoms with van der Waals surface area (Å²) in [6.07, 6.45) is 1.44. The lowest BCUT2D eigenvalue weighted by Gasteiger charge is -2.27. The minimum atomic E-state index is 0. The van der Waals surface area contributed by atoms with Gasteiger partial charge in [-0.05, 0) is 34.9 Å². The summed E-state index contributed by atoms with van der Waals surface area (Å²) in [5.41, 5.74) is 2.48. The average molecular weight is 557 g/mol. The predicted octanol–water partition coefficient (Wildman–Crippen LogP) is 3.66. The van der Waals surface area contributed by atoms with Crippen molar-refractivity contribution < 1.29 is 9.53 Å². The van der Waals surface area contributed by atoms with Crippen molar-refractivity contribution in [2.24, 2.45) is 10.9 Å². The number of rotatable bonds is 9. The van der Waals surface area contributed by atoms with Gasteiger partial charge < -0.3 is 20.3 Å². The average Bonchev–Trinajstić information content (AvgIpc) is 3.24. The SMILES string of the molecule is CN=C(NCCC(=O)N1CCc2sccc2C1)NCC(C)COCc1ccccc1.I. The number of fused-ring (bicyclic) bond motifs is 1. The Morgan fingerprint density at radius 1 is 1.26 bits per heavy atom. The Kier molecular flexibility index (Phi) is 11.3. The van der Waals surface area contributed by atoms with Crippen LogP contribution in [0, 0.1) is 5.92 Å². The summed E-state index contributed by atoms with van der Waals surface area (Å²) in [6.45, 7) is 6.34. The second-order valence-electron chi connectivity index (χ2n) is 7.67. The highest BCUT2D eigenvalue weighted by atomic mass is 127. The zero-order chi connectivity index (χ0) is 21.2. The maximum atomic E-state index is 12.5. The van der Waals surface area contributed by atoms with Gasteiger partial charge in [0.05, 0.1) is 13.2 Å². The number of halogens is 1. The Morgan fingerprint density at radius 2 is 2.06 bits per heavy atom. The van der Waals surface area contributed by atoms with Crippen LogP contribution in [-0.4, -0.2) is 50.1 Å². The van der Waals surface area contributed by atoms with E-state index in [1.165, 1.54) is 16.0 Å². The van der Waals surface area contributed by atoms with Crippen LogP contribution in [0.5, 0.6) is 0 Å². The lowest BCUT2D eigenvalue weighted by Crippen LogP contribution is -2.42. The number of nitrogens with zero attached hydrogens (tertiary/aromatic N) is 2. The van der Waals surface area contributed by atoms with E-state index < -0.39 is 0 Å². The Bertz CT molecular complexity index is 828. The molecule has 170 valence electrons. The quantitative estimate of drug-likeness (QED) is 0.281. The molecule has 0 fully saturated rings. The number of hydrogen-bond donors (Lipinski definition) is 2. The number of aliphatic imine (C=N–C) groups is 1. The van der Waals surface area contributed by atoms with Gasteiger partial charge in [-0.15, -0.1) is 35.3 Å². The second-order valence-corrected chi connectivity index (χ2v) is 8.67. The molecule has 1 aromatic carbocycles. The number of benzene rings is 1. The van der Waals surface area contributed by atoms with E-state index in [0.717, 1.165) is 32.0 Å². The van der Waals surface area contributed by atoms with Crippen LogP contribution in [0.25, 0.3) is 0 Å². The fraction of sp³-hybridized carbons (Fsp3) is 0.478. The highest BCUT2D eigenvalue weighted by Gasteiger charge is 2.21. The molecule has 0 saturated carbocycles. The van der Waals surface area contributed by atoms with E-state index in [1.807, 2.05) is 23.1 Å². The molecular formula is C23H33IN4O2S. The van der Waals surface area contributed by atoms with Crippen molar-refractivity contribution >= 4 is 47.2 Å². The summed E-state index contributed by atoms with van der Waals surface area (Å²) in [4.78, 5) is 20.1. The first-order valence-electron chi connectivity index (χ1n) is 10.5. The van der Waals surface area contributed by atoms with Crippen LogP contribution in [0.1, 0.15) is 29.3 Å². The number of carbonyl (C=O) groups is 1. The van der Waals surface area contributed by atoms with Crippen molar-refractivity contribution in [1.82, 2.24) is 15.5 Å². The predicted molar refractivity (Wildman–Crippen MR) is 138 cm³/mol. The molecule has 6 nitrogen and oxygen atoms in total. The van der Waals surface area contributed by atoms with E-state index >= 15 is 0 Å².